The third-order valence-corrected chi connectivity index (χ3v) is 4.36. The topological polar surface area (TPSA) is 72.2 Å². The van der Waals surface area contributed by atoms with E-state index >= 15 is 0 Å². The van der Waals surface area contributed by atoms with Gasteiger partial charge in [0.1, 0.15) is 0 Å². The first-order valence-electron chi connectivity index (χ1n) is 4.90. The maximum Gasteiger partial charge on any atom is 0.180 e. The molecule has 2 rings (SSSR count). The molecule has 0 spiro atoms. The molecule has 1 unspecified atom stereocenters. The Balaban J connectivity index is 2.34. The first-order chi connectivity index (χ1) is 7.15. The van der Waals surface area contributed by atoms with Crippen molar-refractivity contribution in [3.8, 4) is 0 Å². The van der Waals surface area contributed by atoms with E-state index in [9.17, 15) is 8.42 Å². The Morgan fingerprint density at radius 3 is 2.87 bits per heavy atom. The van der Waals surface area contributed by atoms with Crippen LogP contribution in [0.25, 0.3) is 0 Å². The molecule has 0 aliphatic carbocycles. The van der Waals surface area contributed by atoms with E-state index in [1.807, 2.05) is 12.1 Å². The zero-order chi connectivity index (χ0) is 10.9. The van der Waals surface area contributed by atoms with Gasteiger partial charge in [0.25, 0.3) is 0 Å². The summed E-state index contributed by atoms with van der Waals surface area (Å²) >= 11 is 0. The lowest BCUT2D eigenvalue weighted by molar-refractivity contribution is 0.571. The Labute approximate surface area is 89.4 Å². The molecule has 0 aromatic heterocycles. The van der Waals surface area contributed by atoms with Crippen LogP contribution < -0.4 is 11.1 Å². The van der Waals surface area contributed by atoms with Gasteiger partial charge in [-0.3, -0.25) is 0 Å². The van der Waals surface area contributed by atoms with E-state index in [2.05, 4.69) is 5.32 Å². The largest absolute Gasteiger partial charge is 0.329 e. The summed E-state index contributed by atoms with van der Waals surface area (Å²) in [5.41, 5.74) is 6.25. The summed E-state index contributed by atoms with van der Waals surface area (Å²) in [6.45, 7) is 1.15. The molecule has 4 nitrogen and oxygen atoms in total. The number of hydrogen-bond donors (Lipinski definition) is 2. The first-order valence-corrected chi connectivity index (χ1v) is 6.55. The van der Waals surface area contributed by atoms with Crippen LogP contribution in [0.4, 0.5) is 0 Å². The smallest absolute Gasteiger partial charge is 0.180 e. The molecule has 1 aliphatic heterocycles. The first kappa shape index (κ1) is 10.6. The molecular weight excluding hydrogens is 212 g/mol. The summed E-state index contributed by atoms with van der Waals surface area (Å²) in [4.78, 5) is 0.458. The zero-order valence-electron chi connectivity index (χ0n) is 8.31. The predicted octanol–water partition coefficient (Wildman–Crippen LogP) is 0.0633. The van der Waals surface area contributed by atoms with Gasteiger partial charge in [0.05, 0.1) is 10.6 Å². The minimum atomic E-state index is -3.09. The van der Waals surface area contributed by atoms with Crippen LogP contribution in [0.3, 0.4) is 0 Å². The van der Waals surface area contributed by atoms with E-state index in [1.165, 1.54) is 0 Å². The fourth-order valence-electron chi connectivity index (χ4n) is 1.88. The average molecular weight is 226 g/mol. The minimum Gasteiger partial charge on any atom is -0.329 e. The lowest BCUT2D eigenvalue weighted by atomic mass is 10.1. The number of fused-ring (bicyclic) bond motifs is 1. The molecule has 15 heavy (non-hydrogen) atoms. The number of benzene rings is 1. The molecule has 1 atom stereocenters. The Morgan fingerprint density at radius 2 is 2.13 bits per heavy atom. The number of sulfone groups is 1. The second kappa shape index (κ2) is 3.92. The van der Waals surface area contributed by atoms with Gasteiger partial charge in [0, 0.05) is 19.1 Å². The highest BCUT2D eigenvalue weighted by atomic mass is 32.2. The molecule has 3 N–H and O–H groups in total. The van der Waals surface area contributed by atoms with Gasteiger partial charge in [-0.1, -0.05) is 18.2 Å². The van der Waals surface area contributed by atoms with E-state index in [0.717, 1.165) is 5.56 Å². The number of rotatable bonds is 3. The van der Waals surface area contributed by atoms with Crippen LogP contribution >= 0.6 is 0 Å². The van der Waals surface area contributed by atoms with Crippen LogP contribution in [-0.4, -0.2) is 27.3 Å². The van der Waals surface area contributed by atoms with Crippen molar-refractivity contribution in [3.05, 3.63) is 29.8 Å². The molecule has 1 aliphatic rings. The minimum absolute atomic E-state index is 0.102. The van der Waals surface area contributed by atoms with Gasteiger partial charge in [0.15, 0.2) is 9.84 Å². The van der Waals surface area contributed by atoms with Gasteiger partial charge in [-0.15, -0.1) is 0 Å². The highest BCUT2D eigenvalue weighted by Crippen LogP contribution is 2.32. The van der Waals surface area contributed by atoms with E-state index in [0.29, 0.717) is 18.0 Å². The van der Waals surface area contributed by atoms with E-state index in [1.54, 1.807) is 12.1 Å². The summed E-state index contributed by atoms with van der Waals surface area (Å²) in [7, 11) is -3.09. The molecule has 0 saturated heterocycles. The summed E-state index contributed by atoms with van der Waals surface area (Å²) in [5.74, 6) is 0.145. The van der Waals surface area contributed by atoms with Crippen LogP contribution in [-0.2, 0) is 9.84 Å². The number of nitrogens with two attached hydrogens (primary N) is 1. The third kappa shape index (κ3) is 1.90. The molecule has 82 valence electrons. The molecule has 0 amide bonds. The average Bonchev–Trinajstić information content (AvgIpc) is 2.49. The van der Waals surface area contributed by atoms with Gasteiger partial charge < -0.3 is 11.1 Å². The van der Waals surface area contributed by atoms with Crippen molar-refractivity contribution in [1.82, 2.24) is 5.32 Å². The highest BCUT2D eigenvalue weighted by Gasteiger charge is 2.33. The molecule has 1 heterocycles. The Hall–Kier alpha value is -0.910. The summed E-state index contributed by atoms with van der Waals surface area (Å²) < 4.78 is 23.5. The highest BCUT2D eigenvalue weighted by molar-refractivity contribution is 7.91. The van der Waals surface area contributed by atoms with E-state index in [4.69, 9.17) is 5.73 Å². The van der Waals surface area contributed by atoms with Crippen molar-refractivity contribution < 1.29 is 8.42 Å². The predicted molar refractivity (Wildman–Crippen MR) is 58.3 cm³/mol. The second-order valence-electron chi connectivity index (χ2n) is 3.61. The zero-order valence-corrected chi connectivity index (χ0v) is 9.13. The fraction of sp³-hybridized carbons (Fsp3) is 0.400. The number of hydrogen-bond acceptors (Lipinski definition) is 4. The molecule has 5 heteroatoms. The van der Waals surface area contributed by atoms with Gasteiger partial charge >= 0.3 is 0 Å². The van der Waals surface area contributed by atoms with Gasteiger partial charge in [-0.2, -0.15) is 0 Å². The van der Waals surface area contributed by atoms with Crippen molar-refractivity contribution >= 4 is 9.84 Å². The molecule has 0 bridgehead atoms. The lowest BCUT2D eigenvalue weighted by Crippen LogP contribution is -2.28. The molecule has 0 fully saturated rings. The second-order valence-corrected chi connectivity index (χ2v) is 5.62. The monoisotopic (exact) mass is 226 g/mol. The van der Waals surface area contributed by atoms with Crippen molar-refractivity contribution in [3.63, 3.8) is 0 Å². The summed E-state index contributed by atoms with van der Waals surface area (Å²) in [6.07, 6.45) is 0. The van der Waals surface area contributed by atoms with Crippen LogP contribution in [0.1, 0.15) is 11.6 Å². The summed E-state index contributed by atoms with van der Waals surface area (Å²) in [5, 5.41) is 3.14. The van der Waals surface area contributed by atoms with Crippen LogP contribution in [0.15, 0.2) is 29.2 Å². The molecule has 1 aromatic rings. The van der Waals surface area contributed by atoms with Gasteiger partial charge in [-0.25, -0.2) is 8.42 Å². The lowest BCUT2D eigenvalue weighted by Gasteiger charge is -2.10. The quantitative estimate of drug-likeness (QED) is 0.764. The van der Waals surface area contributed by atoms with Crippen molar-refractivity contribution in [2.24, 2.45) is 5.73 Å². The normalized spacial score (nSPS) is 22.6. The maximum atomic E-state index is 11.8. The third-order valence-electron chi connectivity index (χ3n) is 2.55. The fourth-order valence-corrected chi connectivity index (χ4v) is 3.65. The van der Waals surface area contributed by atoms with Crippen molar-refractivity contribution in [2.75, 3.05) is 18.8 Å². The molecular formula is C10H14N2O2S. The van der Waals surface area contributed by atoms with Crippen molar-refractivity contribution in [1.29, 1.82) is 0 Å². The molecule has 1 aromatic carbocycles. The SMILES string of the molecule is NCCNC1CS(=O)(=O)c2ccccc21. The van der Waals surface area contributed by atoms with Crippen LogP contribution in [0.2, 0.25) is 0 Å². The summed E-state index contributed by atoms with van der Waals surface area (Å²) in [6, 6.07) is 7.02. The standard InChI is InChI=1S/C10H14N2O2S/c11-5-6-12-9-7-15(13,14)10-4-2-1-3-8(9)10/h1-4,9,12H,5-7,11H2. The Kier molecular flexibility index (Phi) is 2.77. The van der Waals surface area contributed by atoms with E-state index < -0.39 is 9.84 Å². The molecule has 0 saturated carbocycles. The van der Waals surface area contributed by atoms with Crippen LogP contribution in [0.5, 0.6) is 0 Å². The Bertz CT molecular complexity index is 456. The van der Waals surface area contributed by atoms with E-state index in [-0.39, 0.29) is 11.8 Å². The van der Waals surface area contributed by atoms with Crippen molar-refractivity contribution in [2.45, 2.75) is 10.9 Å². The van der Waals surface area contributed by atoms with Gasteiger partial charge in [0.2, 0.25) is 0 Å². The van der Waals surface area contributed by atoms with Gasteiger partial charge in [-0.05, 0) is 11.6 Å². The maximum absolute atomic E-state index is 11.8. The van der Waals surface area contributed by atoms with Crippen LogP contribution in [0, 0.1) is 0 Å². The number of nitrogens with one attached hydrogen (secondary N) is 1. The Morgan fingerprint density at radius 1 is 1.40 bits per heavy atom. The molecule has 0 radical (unpaired) electrons.